The van der Waals surface area contributed by atoms with Gasteiger partial charge in [-0.3, -0.25) is 4.84 Å². The molecular weight excluding hydrogens is 184 g/mol. The summed E-state index contributed by atoms with van der Waals surface area (Å²) in [6.07, 6.45) is 0.701. The molecule has 5 nitrogen and oxygen atoms in total. The van der Waals surface area contributed by atoms with Crippen LogP contribution < -0.4 is 5.32 Å². The average molecular weight is 200 g/mol. The van der Waals surface area contributed by atoms with E-state index >= 15 is 0 Å². The number of nitrogens with zero attached hydrogens (tertiary/aromatic N) is 1. The van der Waals surface area contributed by atoms with Crippen molar-refractivity contribution in [3.8, 4) is 0 Å². The van der Waals surface area contributed by atoms with E-state index in [0.717, 1.165) is 19.6 Å². The highest BCUT2D eigenvalue weighted by molar-refractivity contribution is 5.79. The van der Waals surface area contributed by atoms with E-state index in [0.29, 0.717) is 12.5 Å². The van der Waals surface area contributed by atoms with E-state index in [1.807, 2.05) is 5.06 Å². The number of hydrogen-bond acceptors (Lipinski definition) is 5. The Labute approximate surface area is 83.3 Å². The van der Waals surface area contributed by atoms with Crippen molar-refractivity contribution in [1.29, 1.82) is 0 Å². The van der Waals surface area contributed by atoms with Crippen LogP contribution in [0.25, 0.3) is 0 Å². The second-order valence-corrected chi connectivity index (χ2v) is 4.02. The zero-order chi connectivity index (χ0) is 10.2. The van der Waals surface area contributed by atoms with Crippen LogP contribution >= 0.6 is 0 Å². The summed E-state index contributed by atoms with van der Waals surface area (Å²) in [6, 6.07) is 0.299. The van der Waals surface area contributed by atoms with Crippen LogP contribution in [0.1, 0.15) is 13.3 Å². The molecule has 0 radical (unpaired) electrons. The first-order valence-corrected chi connectivity index (χ1v) is 4.90. The van der Waals surface area contributed by atoms with Gasteiger partial charge in [-0.25, -0.2) is 4.79 Å². The molecule has 2 rings (SSSR count). The van der Waals surface area contributed by atoms with Crippen LogP contribution in [0.4, 0.5) is 0 Å². The molecule has 0 amide bonds. The van der Waals surface area contributed by atoms with Crippen molar-refractivity contribution in [2.75, 3.05) is 26.7 Å². The third-order valence-corrected chi connectivity index (χ3v) is 2.86. The Balaban J connectivity index is 2.07. The number of carbonyl (C=O) groups is 1. The van der Waals surface area contributed by atoms with Crippen molar-refractivity contribution in [2.45, 2.75) is 25.0 Å². The third-order valence-electron chi connectivity index (χ3n) is 2.86. The predicted molar refractivity (Wildman–Crippen MR) is 49.5 cm³/mol. The van der Waals surface area contributed by atoms with Crippen molar-refractivity contribution >= 4 is 5.97 Å². The summed E-state index contributed by atoms with van der Waals surface area (Å²) in [5.74, 6) is -0.285. The van der Waals surface area contributed by atoms with Gasteiger partial charge in [-0.15, -0.1) is 0 Å². The van der Waals surface area contributed by atoms with Crippen molar-refractivity contribution in [2.24, 2.45) is 0 Å². The summed E-state index contributed by atoms with van der Waals surface area (Å²) in [6.45, 7) is 4.41. The Morgan fingerprint density at radius 1 is 1.71 bits per heavy atom. The fourth-order valence-corrected chi connectivity index (χ4v) is 2.12. The number of fused-ring (bicyclic) bond motifs is 1. The molecule has 2 fully saturated rings. The molecule has 2 saturated heterocycles. The maximum Gasteiger partial charge on any atom is 0.340 e. The van der Waals surface area contributed by atoms with Crippen molar-refractivity contribution < 1.29 is 14.4 Å². The van der Waals surface area contributed by atoms with Crippen molar-refractivity contribution in [1.82, 2.24) is 10.4 Å². The van der Waals surface area contributed by atoms with Gasteiger partial charge in [0, 0.05) is 26.1 Å². The molecule has 0 bridgehead atoms. The monoisotopic (exact) mass is 200 g/mol. The normalized spacial score (nSPS) is 38.0. The molecule has 0 aromatic rings. The molecule has 0 spiro atoms. The van der Waals surface area contributed by atoms with Gasteiger partial charge in [0.2, 0.25) is 0 Å². The lowest BCUT2D eigenvalue weighted by Crippen LogP contribution is -2.47. The fraction of sp³-hybridized carbons (Fsp3) is 0.889. The van der Waals surface area contributed by atoms with E-state index in [-0.39, 0.29) is 5.97 Å². The van der Waals surface area contributed by atoms with Crippen molar-refractivity contribution in [3.63, 3.8) is 0 Å². The second-order valence-electron chi connectivity index (χ2n) is 4.02. The zero-order valence-electron chi connectivity index (χ0n) is 8.58. The van der Waals surface area contributed by atoms with E-state index in [2.05, 4.69) is 5.32 Å². The molecule has 80 valence electrons. The lowest BCUT2D eigenvalue weighted by molar-refractivity contribution is -0.216. The summed E-state index contributed by atoms with van der Waals surface area (Å²) >= 11 is 0. The Bertz CT molecular complexity index is 230. The largest absolute Gasteiger partial charge is 0.467 e. The topological polar surface area (TPSA) is 50.8 Å². The summed E-state index contributed by atoms with van der Waals surface area (Å²) in [7, 11) is 1.40. The lowest BCUT2D eigenvalue weighted by Gasteiger charge is -2.28. The van der Waals surface area contributed by atoms with Crippen LogP contribution in [0, 0.1) is 0 Å². The van der Waals surface area contributed by atoms with Gasteiger partial charge in [0.25, 0.3) is 0 Å². The number of hydrogen-bond donors (Lipinski definition) is 1. The number of carbonyl (C=O) groups excluding carboxylic acids is 1. The molecule has 2 aliphatic heterocycles. The van der Waals surface area contributed by atoms with Gasteiger partial charge in [0.1, 0.15) is 0 Å². The highest BCUT2D eigenvalue weighted by Gasteiger charge is 2.49. The Kier molecular flexibility index (Phi) is 2.47. The van der Waals surface area contributed by atoms with E-state index in [4.69, 9.17) is 9.57 Å². The van der Waals surface area contributed by atoms with Crippen molar-refractivity contribution in [3.05, 3.63) is 0 Å². The van der Waals surface area contributed by atoms with Crippen LogP contribution in [0.3, 0.4) is 0 Å². The maximum absolute atomic E-state index is 11.5. The molecule has 2 aliphatic rings. The highest BCUT2D eigenvalue weighted by atomic mass is 16.7. The minimum absolute atomic E-state index is 0.285. The average Bonchev–Trinajstić information content (AvgIpc) is 2.54. The van der Waals surface area contributed by atoms with Crippen LogP contribution in [0.2, 0.25) is 0 Å². The SMILES string of the molecule is COC(=O)[C@@]1(C)C[C@H]2CNCCN2O1. The summed E-state index contributed by atoms with van der Waals surface area (Å²) in [5, 5.41) is 5.17. The molecule has 0 aliphatic carbocycles. The number of nitrogens with one attached hydrogen (secondary N) is 1. The Morgan fingerprint density at radius 3 is 3.14 bits per heavy atom. The van der Waals surface area contributed by atoms with Gasteiger partial charge in [-0.2, -0.15) is 5.06 Å². The van der Waals surface area contributed by atoms with Gasteiger partial charge >= 0.3 is 5.97 Å². The number of hydroxylamine groups is 2. The molecule has 1 N–H and O–H groups in total. The van der Waals surface area contributed by atoms with Gasteiger partial charge < -0.3 is 10.1 Å². The minimum atomic E-state index is -0.786. The summed E-state index contributed by atoms with van der Waals surface area (Å²) in [4.78, 5) is 17.1. The number of ether oxygens (including phenoxy) is 1. The van der Waals surface area contributed by atoms with Crippen LogP contribution in [-0.4, -0.2) is 49.4 Å². The first kappa shape index (κ1) is 9.89. The molecule has 0 unspecified atom stereocenters. The van der Waals surface area contributed by atoms with E-state index in [9.17, 15) is 4.79 Å². The molecule has 14 heavy (non-hydrogen) atoms. The Hall–Kier alpha value is -0.650. The smallest absolute Gasteiger partial charge is 0.340 e. The first-order valence-electron chi connectivity index (χ1n) is 4.90. The molecular formula is C9H16N2O3. The van der Waals surface area contributed by atoms with Crippen LogP contribution in [-0.2, 0) is 14.4 Å². The third kappa shape index (κ3) is 1.51. The van der Waals surface area contributed by atoms with Gasteiger partial charge in [-0.05, 0) is 6.92 Å². The van der Waals surface area contributed by atoms with Gasteiger partial charge in [0.05, 0.1) is 13.2 Å². The van der Waals surface area contributed by atoms with E-state index in [1.54, 1.807) is 6.92 Å². The number of methoxy groups -OCH3 is 1. The predicted octanol–water partition coefficient (Wildman–Crippen LogP) is -0.473. The maximum atomic E-state index is 11.5. The lowest BCUT2D eigenvalue weighted by atomic mass is 9.98. The number of esters is 1. The van der Waals surface area contributed by atoms with Gasteiger partial charge in [0.15, 0.2) is 5.60 Å². The molecule has 2 atom stereocenters. The number of piperazine rings is 1. The van der Waals surface area contributed by atoms with Crippen LogP contribution in [0.5, 0.6) is 0 Å². The summed E-state index contributed by atoms with van der Waals surface area (Å²) < 4.78 is 4.73. The Morgan fingerprint density at radius 2 is 2.50 bits per heavy atom. The molecule has 0 aromatic carbocycles. The van der Waals surface area contributed by atoms with Crippen LogP contribution in [0.15, 0.2) is 0 Å². The summed E-state index contributed by atoms with van der Waals surface area (Å²) in [5.41, 5.74) is -0.786. The highest BCUT2D eigenvalue weighted by Crippen LogP contribution is 2.32. The zero-order valence-corrected chi connectivity index (χ0v) is 8.58. The van der Waals surface area contributed by atoms with E-state index < -0.39 is 5.60 Å². The van der Waals surface area contributed by atoms with E-state index in [1.165, 1.54) is 7.11 Å². The minimum Gasteiger partial charge on any atom is -0.467 e. The molecule has 5 heteroatoms. The molecule has 0 aromatic heterocycles. The second kappa shape index (κ2) is 3.49. The number of rotatable bonds is 1. The van der Waals surface area contributed by atoms with Gasteiger partial charge in [-0.1, -0.05) is 0 Å². The fourth-order valence-electron chi connectivity index (χ4n) is 2.12. The standard InChI is InChI=1S/C9H16N2O3/c1-9(8(12)13-2)5-7-6-10-3-4-11(7)14-9/h7,10H,3-6H2,1-2H3/t7-,9+/m0/s1. The quantitative estimate of drug-likeness (QED) is 0.580. The molecule has 0 saturated carbocycles. The molecule has 2 heterocycles. The first-order chi connectivity index (χ1) is 6.65.